The Balaban J connectivity index is 2.10. The van der Waals surface area contributed by atoms with Crippen molar-refractivity contribution in [1.29, 1.82) is 0 Å². The van der Waals surface area contributed by atoms with Gasteiger partial charge < -0.3 is 9.84 Å². The van der Waals surface area contributed by atoms with Crippen molar-refractivity contribution in [2.45, 2.75) is 13.0 Å². The van der Waals surface area contributed by atoms with Gasteiger partial charge in [-0.15, -0.1) is 0 Å². The summed E-state index contributed by atoms with van der Waals surface area (Å²) < 4.78 is 19.2. The van der Waals surface area contributed by atoms with Crippen LogP contribution in [0.4, 0.5) is 4.39 Å². The minimum Gasteiger partial charge on any atom is -0.489 e. The molecule has 0 radical (unpaired) electrons. The fraction of sp³-hybridized carbons (Fsp3) is 0.133. The van der Waals surface area contributed by atoms with E-state index in [-0.39, 0.29) is 13.0 Å². The molecule has 0 heterocycles. The third kappa shape index (κ3) is 3.81. The fourth-order valence-corrected chi connectivity index (χ4v) is 2.01. The van der Waals surface area contributed by atoms with Gasteiger partial charge in [0.1, 0.15) is 18.2 Å². The van der Waals surface area contributed by atoms with E-state index in [0.717, 1.165) is 5.56 Å². The number of benzene rings is 2. The lowest BCUT2D eigenvalue weighted by atomic mass is 10.1. The number of halogens is 2. The average molecular weight is 339 g/mol. The second-order valence-corrected chi connectivity index (χ2v) is 5.06. The number of hydrogen-bond acceptors (Lipinski definition) is 2. The Morgan fingerprint density at radius 3 is 2.55 bits per heavy atom. The molecular weight excluding hydrogens is 327 g/mol. The lowest BCUT2D eigenvalue weighted by Gasteiger charge is -2.10. The number of carboxylic acid groups (broad SMARTS) is 1. The van der Waals surface area contributed by atoms with E-state index in [9.17, 15) is 9.18 Å². The van der Waals surface area contributed by atoms with Crippen LogP contribution in [0.3, 0.4) is 0 Å². The maximum atomic E-state index is 13.4. The summed E-state index contributed by atoms with van der Waals surface area (Å²) in [5.74, 6) is -0.899. The van der Waals surface area contributed by atoms with Crippen LogP contribution in [0.2, 0.25) is 0 Å². The van der Waals surface area contributed by atoms with Gasteiger partial charge in [0.25, 0.3) is 0 Å². The summed E-state index contributed by atoms with van der Waals surface area (Å²) in [7, 11) is 0. The van der Waals surface area contributed by atoms with Crippen LogP contribution in [0.15, 0.2) is 46.9 Å². The Bertz CT molecular complexity index is 628. The van der Waals surface area contributed by atoms with Crippen LogP contribution in [0.1, 0.15) is 11.1 Å². The highest BCUT2D eigenvalue weighted by atomic mass is 79.9. The molecule has 0 atom stereocenters. The van der Waals surface area contributed by atoms with E-state index in [1.807, 2.05) is 6.07 Å². The van der Waals surface area contributed by atoms with E-state index >= 15 is 0 Å². The molecule has 3 nitrogen and oxygen atoms in total. The molecule has 0 bridgehead atoms. The number of carbonyl (C=O) groups is 1. The molecule has 2 aromatic carbocycles. The summed E-state index contributed by atoms with van der Waals surface area (Å²) in [6.07, 6.45) is -0.0613. The molecule has 0 saturated carbocycles. The van der Waals surface area contributed by atoms with Gasteiger partial charge in [-0.1, -0.05) is 24.3 Å². The Morgan fingerprint density at radius 2 is 1.90 bits per heavy atom. The third-order valence-corrected chi connectivity index (χ3v) is 3.39. The normalized spacial score (nSPS) is 10.3. The first-order valence-electron chi connectivity index (χ1n) is 5.92. The zero-order valence-corrected chi connectivity index (χ0v) is 12.1. The Kier molecular flexibility index (Phi) is 4.74. The van der Waals surface area contributed by atoms with Crippen LogP contribution >= 0.6 is 15.9 Å². The minimum absolute atomic E-state index is 0.0613. The van der Waals surface area contributed by atoms with Gasteiger partial charge in [0.2, 0.25) is 0 Å². The first-order chi connectivity index (χ1) is 9.56. The topological polar surface area (TPSA) is 46.5 Å². The first-order valence-corrected chi connectivity index (χ1v) is 6.72. The largest absolute Gasteiger partial charge is 0.489 e. The fourth-order valence-electron chi connectivity index (χ4n) is 1.76. The molecule has 5 heteroatoms. The van der Waals surface area contributed by atoms with Crippen molar-refractivity contribution in [2.24, 2.45) is 0 Å². The smallest absolute Gasteiger partial charge is 0.307 e. The SMILES string of the molecule is O=C(O)Cc1ccccc1COc1ccc(Br)c(F)c1. The number of carboxylic acids is 1. The summed E-state index contributed by atoms with van der Waals surface area (Å²) in [5, 5.41) is 8.85. The number of hydrogen-bond donors (Lipinski definition) is 1. The standard InChI is InChI=1S/C15H12BrFO3/c16-13-6-5-12(8-14(13)17)20-9-11-4-2-1-3-10(11)7-15(18)19/h1-6,8H,7,9H2,(H,18,19). The minimum atomic E-state index is -0.896. The Labute approximate surface area is 124 Å². The molecule has 0 aliphatic heterocycles. The van der Waals surface area contributed by atoms with Crippen LogP contribution in [0.25, 0.3) is 0 Å². The van der Waals surface area contributed by atoms with Crippen molar-refractivity contribution < 1.29 is 19.0 Å². The molecule has 104 valence electrons. The van der Waals surface area contributed by atoms with Crippen LogP contribution in [0.5, 0.6) is 5.75 Å². The maximum absolute atomic E-state index is 13.4. The van der Waals surface area contributed by atoms with Gasteiger partial charge in [-0.25, -0.2) is 4.39 Å². The Morgan fingerprint density at radius 1 is 1.20 bits per heavy atom. The van der Waals surface area contributed by atoms with Crippen LogP contribution in [-0.2, 0) is 17.8 Å². The van der Waals surface area contributed by atoms with Gasteiger partial charge >= 0.3 is 5.97 Å². The molecule has 20 heavy (non-hydrogen) atoms. The van der Waals surface area contributed by atoms with E-state index in [4.69, 9.17) is 9.84 Å². The van der Waals surface area contributed by atoms with Crippen molar-refractivity contribution >= 4 is 21.9 Å². The summed E-state index contributed by atoms with van der Waals surface area (Å²) in [6, 6.07) is 11.6. The molecule has 2 aromatic rings. The van der Waals surface area contributed by atoms with Gasteiger partial charge in [0.05, 0.1) is 10.9 Å². The molecule has 2 rings (SSSR count). The van der Waals surface area contributed by atoms with Crippen LogP contribution in [0, 0.1) is 5.82 Å². The van der Waals surface area contributed by atoms with Gasteiger partial charge in [-0.2, -0.15) is 0 Å². The summed E-state index contributed by atoms with van der Waals surface area (Å²) >= 11 is 3.07. The maximum Gasteiger partial charge on any atom is 0.307 e. The molecule has 0 aromatic heterocycles. The second-order valence-electron chi connectivity index (χ2n) is 4.20. The first kappa shape index (κ1) is 14.5. The highest BCUT2D eigenvalue weighted by Crippen LogP contribution is 2.22. The molecule has 0 spiro atoms. The highest BCUT2D eigenvalue weighted by Gasteiger charge is 2.07. The Hall–Kier alpha value is -1.88. The zero-order valence-electron chi connectivity index (χ0n) is 10.5. The predicted octanol–water partition coefficient (Wildman–Crippen LogP) is 3.79. The van der Waals surface area contributed by atoms with E-state index in [1.165, 1.54) is 6.07 Å². The van der Waals surface area contributed by atoms with Gasteiger partial charge in [0, 0.05) is 6.07 Å². The average Bonchev–Trinajstić information content (AvgIpc) is 2.41. The molecule has 0 aliphatic rings. The van der Waals surface area contributed by atoms with E-state index < -0.39 is 11.8 Å². The van der Waals surface area contributed by atoms with Crippen molar-refractivity contribution in [1.82, 2.24) is 0 Å². The molecule has 0 unspecified atom stereocenters. The van der Waals surface area contributed by atoms with E-state index in [1.54, 1.807) is 30.3 Å². The molecule has 0 amide bonds. The third-order valence-electron chi connectivity index (χ3n) is 2.75. The quantitative estimate of drug-likeness (QED) is 0.901. The van der Waals surface area contributed by atoms with Gasteiger partial charge in [-0.3, -0.25) is 4.79 Å². The number of rotatable bonds is 5. The summed E-state index contributed by atoms with van der Waals surface area (Å²) in [4.78, 5) is 10.8. The highest BCUT2D eigenvalue weighted by molar-refractivity contribution is 9.10. The number of aliphatic carboxylic acids is 1. The van der Waals surface area contributed by atoms with Crippen LogP contribution in [-0.4, -0.2) is 11.1 Å². The van der Waals surface area contributed by atoms with Crippen molar-refractivity contribution in [3.63, 3.8) is 0 Å². The lowest BCUT2D eigenvalue weighted by molar-refractivity contribution is -0.136. The van der Waals surface area contributed by atoms with E-state index in [0.29, 0.717) is 15.8 Å². The number of ether oxygens (including phenoxy) is 1. The lowest BCUT2D eigenvalue weighted by Crippen LogP contribution is -2.05. The second kappa shape index (κ2) is 6.52. The van der Waals surface area contributed by atoms with Gasteiger partial charge in [0.15, 0.2) is 0 Å². The van der Waals surface area contributed by atoms with Crippen molar-refractivity contribution in [3.05, 3.63) is 63.9 Å². The molecule has 0 aliphatic carbocycles. The van der Waals surface area contributed by atoms with Crippen molar-refractivity contribution in [3.8, 4) is 5.75 Å². The zero-order chi connectivity index (χ0) is 14.5. The van der Waals surface area contributed by atoms with Crippen molar-refractivity contribution in [2.75, 3.05) is 0 Å². The van der Waals surface area contributed by atoms with Gasteiger partial charge in [-0.05, 0) is 39.2 Å². The molecular formula is C15H12BrFO3. The summed E-state index contributed by atoms with van der Waals surface area (Å²) in [5.41, 5.74) is 1.47. The summed E-state index contributed by atoms with van der Waals surface area (Å²) in [6.45, 7) is 0.199. The molecule has 0 fully saturated rings. The van der Waals surface area contributed by atoms with Crippen LogP contribution < -0.4 is 4.74 Å². The monoisotopic (exact) mass is 338 g/mol. The molecule has 0 saturated heterocycles. The molecule has 1 N–H and O–H groups in total. The van der Waals surface area contributed by atoms with E-state index in [2.05, 4.69) is 15.9 Å². The predicted molar refractivity (Wildman–Crippen MR) is 76.2 cm³/mol.